The van der Waals surface area contributed by atoms with Crippen LogP contribution in [0.4, 0.5) is 16.2 Å². The number of rotatable bonds is 3. The second-order valence-corrected chi connectivity index (χ2v) is 4.23. The fourth-order valence-corrected chi connectivity index (χ4v) is 1.63. The van der Waals surface area contributed by atoms with Crippen LogP contribution in [0.3, 0.4) is 0 Å². The maximum absolute atomic E-state index is 11.8. The Bertz CT molecular complexity index is 554. The van der Waals surface area contributed by atoms with Gasteiger partial charge in [0.2, 0.25) is 0 Å². The summed E-state index contributed by atoms with van der Waals surface area (Å²) in [7, 11) is 0. The Morgan fingerprint density at radius 2 is 1.95 bits per heavy atom. The number of nitrogens with zero attached hydrogens (tertiary/aromatic N) is 1. The maximum atomic E-state index is 11.8. The molecule has 2 amide bonds. The van der Waals surface area contributed by atoms with E-state index in [4.69, 9.17) is 5.73 Å². The van der Waals surface area contributed by atoms with Gasteiger partial charge in [-0.2, -0.15) is 0 Å². The predicted molar refractivity (Wildman–Crippen MR) is 75.9 cm³/mol. The highest BCUT2D eigenvalue weighted by Gasteiger charge is 2.04. The molecule has 5 heteroatoms. The van der Waals surface area contributed by atoms with Crippen molar-refractivity contribution in [3.8, 4) is 0 Å². The van der Waals surface area contributed by atoms with Crippen LogP contribution < -0.4 is 16.4 Å². The van der Waals surface area contributed by atoms with Gasteiger partial charge in [0.1, 0.15) is 0 Å². The van der Waals surface area contributed by atoms with Crippen molar-refractivity contribution < 1.29 is 4.79 Å². The number of carbonyl (C=O) groups is 1. The van der Waals surface area contributed by atoms with Crippen molar-refractivity contribution in [3.05, 3.63) is 54.4 Å². The Morgan fingerprint density at radius 1 is 1.21 bits per heavy atom. The van der Waals surface area contributed by atoms with Crippen LogP contribution in [-0.4, -0.2) is 11.0 Å². The molecule has 1 aromatic carbocycles. The molecule has 0 saturated heterocycles. The lowest BCUT2D eigenvalue weighted by Crippen LogP contribution is -2.19. The van der Waals surface area contributed by atoms with E-state index in [0.29, 0.717) is 11.4 Å². The molecule has 19 heavy (non-hydrogen) atoms. The van der Waals surface area contributed by atoms with E-state index in [2.05, 4.69) is 15.6 Å². The van der Waals surface area contributed by atoms with E-state index in [1.807, 2.05) is 31.2 Å². The summed E-state index contributed by atoms with van der Waals surface area (Å²) < 4.78 is 0. The number of nitrogens with two attached hydrogens (primary N) is 1. The number of hydrogen-bond acceptors (Lipinski definition) is 3. The van der Waals surface area contributed by atoms with Gasteiger partial charge in [0.25, 0.3) is 0 Å². The molecule has 4 N–H and O–H groups in total. The molecule has 0 radical (unpaired) electrons. The van der Waals surface area contributed by atoms with Crippen LogP contribution in [0, 0.1) is 0 Å². The lowest BCUT2D eigenvalue weighted by molar-refractivity contribution is 0.262. The molecule has 0 aliphatic heterocycles. The van der Waals surface area contributed by atoms with E-state index >= 15 is 0 Å². The van der Waals surface area contributed by atoms with E-state index in [0.717, 1.165) is 5.56 Å². The highest BCUT2D eigenvalue weighted by atomic mass is 16.2. The zero-order valence-corrected chi connectivity index (χ0v) is 10.6. The molecule has 0 aliphatic carbocycles. The van der Waals surface area contributed by atoms with Gasteiger partial charge in [-0.1, -0.05) is 12.1 Å². The lowest BCUT2D eigenvalue weighted by Gasteiger charge is -2.10. The topological polar surface area (TPSA) is 80.0 Å². The van der Waals surface area contributed by atoms with Crippen LogP contribution in [0.2, 0.25) is 0 Å². The summed E-state index contributed by atoms with van der Waals surface area (Å²) in [6.07, 6.45) is 3.23. The Balaban J connectivity index is 2.01. The molecule has 1 atom stereocenters. The van der Waals surface area contributed by atoms with Crippen LogP contribution in [0.5, 0.6) is 0 Å². The van der Waals surface area contributed by atoms with E-state index < -0.39 is 0 Å². The van der Waals surface area contributed by atoms with Crippen molar-refractivity contribution in [3.63, 3.8) is 0 Å². The molecule has 2 aromatic rings. The SMILES string of the molecule is CC(N)c1cccc(NC(=O)Nc2cccnc2)c1. The first-order valence-electron chi connectivity index (χ1n) is 5.99. The second kappa shape index (κ2) is 5.97. The molecule has 0 aliphatic rings. The largest absolute Gasteiger partial charge is 0.324 e. The van der Waals surface area contributed by atoms with Crippen molar-refractivity contribution in [2.45, 2.75) is 13.0 Å². The van der Waals surface area contributed by atoms with Crippen molar-refractivity contribution in [1.29, 1.82) is 0 Å². The van der Waals surface area contributed by atoms with Crippen molar-refractivity contribution >= 4 is 17.4 Å². The highest BCUT2D eigenvalue weighted by molar-refractivity contribution is 5.99. The van der Waals surface area contributed by atoms with Crippen LogP contribution in [0.25, 0.3) is 0 Å². The number of amides is 2. The first kappa shape index (κ1) is 13.0. The third-order valence-corrected chi connectivity index (χ3v) is 2.59. The molecule has 0 fully saturated rings. The fraction of sp³-hybridized carbons (Fsp3) is 0.143. The minimum Gasteiger partial charge on any atom is -0.324 e. The molecular weight excluding hydrogens is 240 g/mol. The molecule has 1 unspecified atom stereocenters. The summed E-state index contributed by atoms with van der Waals surface area (Å²) in [4.78, 5) is 15.7. The number of hydrogen-bond donors (Lipinski definition) is 3. The van der Waals surface area contributed by atoms with Gasteiger partial charge in [-0.05, 0) is 36.8 Å². The standard InChI is InChI=1S/C14H16N4O/c1-10(15)11-4-2-5-12(8-11)17-14(19)18-13-6-3-7-16-9-13/h2-10H,15H2,1H3,(H2,17,18,19). The van der Waals surface area contributed by atoms with Gasteiger partial charge in [0, 0.05) is 17.9 Å². The summed E-state index contributed by atoms with van der Waals surface area (Å²) >= 11 is 0. The summed E-state index contributed by atoms with van der Waals surface area (Å²) in [6, 6.07) is 10.6. The van der Waals surface area contributed by atoms with Gasteiger partial charge >= 0.3 is 6.03 Å². The minimum atomic E-state index is -0.310. The molecule has 0 saturated carbocycles. The number of anilines is 2. The molecule has 2 rings (SSSR count). The number of benzene rings is 1. The third-order valence-electron chi connectivity index (χ3n) is 2.59. The van der Waals surface area contributed by atoms with Gasteiger partial charge in [-0.15, -0.1) is 0 Å². The summed E-state index contributed by atoms with van der Waals surface area (Å²) in [5.41, 5.74) is 8.12. The summed E-state index contributed by atoms with van der Waals surface area (Å²) in [5.74, 6) is 0. The molecule has 0 bridgehead atoms. The first-order chi connectivity index (χ1) is 9.15. The molecular formula is C14H16N4O. The van der Waals surface area contributed by atoms with Crippen molar-refractivity contribution in [2.24, 2.45) is 5.73 Å². The quantitative estimate of drug-likeness (QED) is 0.790. The normalized spacial score (nSPS) is 11.7. The number of pyridine rings is 1. The zero-order valence-electron chi connectivity index (χ0n) is 10.6. The Kier molecular flexibility index (Phi) is 4.10. The number of urea groups is 1. The summed E-state index contributed by atoms with van der Waals surface area (Å²) in [5, 5.41) is 5.45. The fourth-order valence-electron chi connectivity index (χ4n) is 1.63. The number of nitrogens with one attached hydrogen (secondary N) is 2. The smallest absolute Gasteiger partial charge is 0.323 e. The monoisotopic (exact) mass is 256 g/mol. The average Bonchev–Trinajstić information content (AvgIpc) is 2.40. The molecule has 1 heterocycles. The van der Waals surface area contributed by atoms with Crippen molar-refractivity contribution in [1.82, 2.24) is 4.98 Å². The molecule has 5 nitrogen and oxygen atoms in total. The molecule has 0 spiro atoms. The predicted octanol–water partition coefficient (Wildman–Crippen LogP) is 2.75. The van der Waals surface area contributed by atoms with Gasteiger partial charge in [-0.3, -0.25) is 4.98 Å². The average molecular weight is 256 g/mol. The Morgan fingerprint density at radius 3 is 2.63 bits per heavy atom. The van der Waals surface area contributed by atoms with Gasteiger partial charge in [-0.25, -0.2) is 4.79 Å². The Hall–Kier alpha value is -2.40. The number of carbonyl (C=O) groups excluding carboxylic acids is 1. The van der Waals surface area contributed by atoms with Crippen LogP contribution in [0.15, 0.2) is 48.8 Å². The van der Waals surface area contributed by atoms with Crippen LogP contribution >= 0.6 is 0 Å². The van der Waals surface area contributed by atoms with Crippen molar-refractivity contribution in [2.75, 3.05) is 10.6 Å². The summed E-state index contributed by atoms with van der Waals surface area (Å²) in [6.45, 7) is 1.90. The third kappa shape index (κ3) is 3.79. The maximum Gasteiger partial charge on any atom is 0.323 e. The highest BCUT2D eigenvalue weighted by Crippen LogP contribution is 2.15. The lowest BCUT2D eigenvalue weighted by atomic mass is 10.1. The molecule has 98 valence electrons. The van der Waals surface area contributed by atoms with Crippen LogP contribution in [-0.2, 0) is 0 Å². The number of aromatic nitrogens is 1. The minimum absolute atomic E-state index is 0.0665. The van der Waals surface area contributed by atoms with Gasteiger partial charge in [0.15, 0.2) is 0 Å². The first-order valence-corrected chi connectivity index (χ1v) is 5.99. The van der Waals surface area contributed by atoms with Gasteiger partial charge in [0.05, 0.1) is 11.9 Å². The molecule has 1 aromatic heterocycles. The van der Waals surface area contributed by atoms with E-state index in [9.17, 15) is 4.79 Å². The zero-order chi connectivity index (χ0) is 13.7. The second-order valence-electron chi connectivity index (χ2n) is 4.23. The van der Waals surface area contributed by atoms with E-state index in [1.165, 1.54) is 0 Å². The van der Waals surface area contributed by atoms with Crippen LogP contribution in [0.1, 0.15) is 18.5 Å². The van der Waals surface area contributed by atoms with E-state index in [1.54, 1.807) is 24.5 Å². The Labute approximate surface area is 111 Å². The van der Waals surface area contributed by atoms with E-state index in [-0.39, 0.29) is 12.1 Å². The van der Waals surface area contributed by atoms with Gasteiger partial charge < -0.3 is 16.4 Å².